The molecule has 1 aliphatic rings. The van der Waals surface area contributed by atoms with Gasteiger partial charge in [0.1, 0.15) is 13.2 Å². The summed E-state index contributed by atoms with van der Waals surface area (Å²) < 4.78 is 14.2. The number of rotatable bonds is 1. The summed E-state index contributed by atoms with van der Waals surface area (Å²) in [6.45, 7) is 5.27. The molecule has 0 amide bonds. The van der Waals surface area contributed by atoms with Crippen LogP contribution in [0.1, 0.15) is 11.3 Å². The number of hydrogen-bond acceptors (Lipinski definition) is 3. The molecule has 1 aliphatic heterocycles. The number of benzene rings is 1. The van der Waals surface area contributed by atoms with Crippen LogP contribution in [-0.4, -0.2) is 23.0 Å². The standard InChI is InChI=1S/C14H15BrN2O2/c1-8-6-11-12(19-5-4-18-11)7-10(8)14-13(15)9(2)16-17(14)3/h6-7H,4-5H2,1-3H3. The Bertz CT molecular complexity index is 649. The Hall–Kier alpha value is -1.49. The minimum absolute atomic E-state index is 0.598. The molecule has 0 spiro atoms. The third kappa shape index (κ3) is 2.02. The summed E-state index contributed by atoms with van der Waals surface area (Å²) in [5.41, 5.74) is 4.30. The second kappa shape index (κ2) is 4.56. The van der Waals surface area contributed by atoms with E-state index in [9.17, 15) is 0 Å². The van der Waals surface area contributed by atoms with E-state index in [1.807, 2.05) is 30.8 Å². The van der Waals surface area contributed by atoms with Crippen molar-refractivity contribution in [1.82, 2.24) is 9.78 Å². The van der Waals surface area contributed by atoms with Gasteiger partial charge in [-0.3, -0.25) is 4.68 Å². The fourth-order valence-corrected chi connectivity index (χ4v) is 2.92. The molecule has 100 valence electrons. The summed E-state index contributed by atoms with van der Waals surface area (Å²) >= 11 is 3.61. The Morgan fingerprint density at radius 1 is 1.16 bits per heavy atom. The maximum absolute atomic E-state index is 5.66. The molecule has 0 aliphatic carbocycles. The largest absolute Gasteiger partial charge is 0.486 e. The molecular formula is C14H15BrN2O2. The lowest BCUT2D eigenvalue weighted by Gasteiger charge is -2.20. The van der Waals surface area contributed by atoms with Crippen molar-refractivity contribution in [1.29, 1.82) is 0 Å². The highest BCUT2D eigenvalue weighted by molar-refractivity contribution is 9.10. The molecule has 2 aromatic rings. The fraction of sp³-hybridized carbons (Fsp3) is 0.357. The average molecular weight is 323 g/mol. The van der Waals surface area contributed by atoms with E-state index in [0.717, 1.165) is 38.5 Å². The molecule has 1 aromatic carbocycles. The lowest BCUT2D eigenvalue weighted by molar-refractivity contribution is 0.171. The van der Waals surface area contributed by atoms with E-state index in [4.69, 9.17) is 9.47 Å². The van der Waals surface area contributed by atoms with Crippen LogP contribution in [0.3, 0.4) is 0 Å². The number of hydrogen-bond donors (Lipinski definition) is 0. The van der Waals surface area contributed by atoms with Crippen LogP contribution in [0.2, 0.25) is 0 Å². The number of halogens is 1. The SMILES string of the molecule is Cc1cc2c(cc1-c1c(Br)c(C)nn1C)OCCO2. The molecular weight excluding hydrogens is 308 g/mol. The van der Waals surface area contributed by atoms with Gasteiger partial charge in [0.05, 0.1) is 15.9 Å². The zero-order chi connectivity index (χ0) is 13.6. The quantitative estimate of drug-likeness (QED) is 0.808. The molecule has 5 heteroatoms. The van der Waals surface area contributed by atoms with Crippen molar-refractivity contribution in [3.8, 4) is 22.8 Å². The second-order valence-electron chi connectivity index (χ2n) is 4.68. The molecule has 0 bridgehead atoms. The van der Waals surface area contributed by atoms with Crippen molar-refractivity contribution in [2.24, 2.45) is 7.05 Å². The van der Waals surface area contributed by atoms with Crippen molar-refractivity contribution in [3.05, 3.63) is 27.9 Å². The number of aromatic nitrogens is 2. The summed E-state index contributed by atoms with van der Waals surface area (Å²) in [5, 5.41) is 4.44. The first kappa shape index (κ1) is 12.5. The minimum atomic E-state index is 0.598. The van der Waals surface area contributed by atoms with Crippen LogP contribution in [0.15, 0.2) is 16.6 Å². The van der Waals surface area contributed by atoms with E-state index in [1.165, 1.54) is 0 Å². The van der Waals surface area contributed by atoms with Crippen molar-refractivity contribution < 1.29 is 9.47 Å². The predicted molar refractivity (Wildman–Crippen MR) is 76.8 cm³/mol. The summed E-state index contributed by atoms with van der Waals surface area (Å²) in [5.74, 6) is 1.63. The smallest absolute Gasteiger partial charge is 0.162 e. The third-order valence-corrected chi connectivity index (χ3v) is 4.24. The van der Waals surface area contributed by atoms with Gasteiger partial charge in [-0.15, -0.1) is 0 Å². The maximum atomic E-state index is 5.66. The Morgan fingerprint density at radius 2 is 1.79 bits per heavy atom. The van der Waals surface area contributed by atoms with E-state index in [1.54, 1.807) is 0 Å². The van der Waals surface area contributed by atoms with Gasteiger partial charge >= 0.3 is 0 Å². The lowest BCUT2D eigenvalue weighted by atomic mass is 10.0. The van der Waals surface area contributed by atoms with Crippen LogP contribution in [0.5, 0.6) is 11.5 Å². The Morgan fingerprint density at radius 3 is 2.37 bits per heavy atom. The molecule has 2 heterocycles. The van der Waals surface area contributed by atoms with E-state index in [2.05, 4.69) is 28.0 Å². The van der Waals surface area contributed by atoms with E-state index in [-0.39, 0.29) is 0 Å². The van der Waals surface area contributed by atoms with Crippen LogP contribution in [0.25, 0.3) is 11.3 Å². The molecule has 0 atom stereocenters. The maximum Gasteiger partial charge on any atom is 0.162 e. The van der Waals surface area contributed by atoms with Crippen molar-refractivity contribution in [2.75, 3.05) is 13.2 Å². The topological polar surface area (TPSA) is 36.3 Å². The first-order valence-electron chi connectivity index (χ1n) is 6.17. The molecule has 4 nitrogen and oxygen atoms in total. The summed E-state index contributed by atoms with van der Waals surface area (Å²) in [6, 6.07) is 4.06. The highest BCUT2D eigenvalue weighted by Gasteiger charge is 2.19. The number of fused-ring (bicyclic) bond motifs is 1. The molecule has 0 fully saturated rings. The second-order valence-corrected chi connectivity index (χ2v) is 5.48. The normalized spacial score (nSPS) is 13.7. The van der Waals surface area contributed by atoms with Crippen LogP contribution in [0, 0.1) is 13.8 Å². The van der Waals surface area contributed by atoms with E-state index >= 15 is 0 Å². The van der Waals surface area contributed by atoms with E-state index in [0.29, 0.717) is 13.2 Å². The van der Waals surface area contributed by atoms with Crippen LogP contribution >= 0.6 is 15.9 Å². The van der Waals surface area contributed by atoms with Gasteiger partial charge in [0.25, 0.3) is 0 Å². The van der Waals surface area contributed by atoms with Gasteiger partial charge in [-0.2, -0.15) is 5.10 Å². The number of nitrogens with zero attached hydrogens (tertiary/aromatic N) is 2. The molecule has 0 radical (unpaired) electrons. The Kier molecular flexibility index (Phi) is 3.01. The van der Waals surface area contributed by atoms with Crippen molar-refractivity contribution >= 4 is 15.9 Å². The Balaban J connectivity index is 2.20. The van der Waals surface area contributed by atoms with Crippen LogP contribution in [0.4, 0.5) is 0 Å². The first-order valence-corrected chi connectivity index (χ1v) is 6.97. The summed E-state index contributed by atoms with van der Waals surface area (Å²) in [6.07, 6.45) is 0. The van der Waals surface area contributed by atoms with Gasteiger partial charge in [-0.05, 0) is 47.5 Å². The number of ether oxygens (including phenoxy) is 2. The van der Waals surface area contributed by atoms with Crippen molar-refractivity contribution in [2.45, 2.75) is 13.8 Å². The monoisotopic (exact) mass is 322 g/mol. The van der Waals surface area contributed by atoms with Crippen LogP contribution in [-0.2, 0) is 7.05 Å². The average Bonchev–Trinajstić information content (AvgIpc) is 2.63. The van der Waals surface area contributed by atoms with Gasteiger partial charge in [0.15, 0.2) is 11.5 Å². The predicted octanol–water partition coefficient (Wildman–Crippen LogP) is 3.24. The molecule has 1 aromatic heterocycles. The summed E-state index contributed by atoms with van der Waals surface area (Å²) in [7, 11) is 1.95. The Labute approximate surface area is 120 Å². The van der Waals surface area contributed by atoms with Crippen molar-refractivity contribution in [3.63, 3.8) is 0 Å². The zero-order valence-corrected chi connectivity index (χ0v) is 12.7. The molecule has 3 rings (SSSR count). The molecule has 19 heavy (non-hydrogen) atoms. The van der Waals surface area contributed by atoms with Gasteiger partial charge in [0.2, 0.25) is 0 Å². The van der Waals surface area contributed by atoms with E-state index < -0.39 is 0 Å². The minimum Gasteiger partial charge on any atom is -0.486 e. The molecule has 0 saturated heterocycles. The zero-order valence-electron chi connectivity index (χ0n) is 11.2. The third-order valence-electron chi connectivity index (χ3n) is 3.29. The van der Waals surface area contributed by atoms with Gasteiger partial charge in [-0.25, -0.2) is 0 Å². The van der Waals surface area contributed by atoms with Gasteiger partial charge in [-0.1, -0.05) is 0 Å². The van der Waals surface area contributed by atoms with Gasteiger partial charge < -0.3 is 9.47 Å². The highest BCUT2D eigenvalue weighted by atomic mass is 79.9. The highest BCUT2D eigenvalue weighted by Crippen LogP contribution is 2.39. The van der Waals surface area contributed by atoms with Crippen LogP contribution < -0.4 is 9.47 Å². The van der Waals surface area contributed by atoms with Gasteiger partial charge in [0, 0.05) is 12.6 Å². The molecule has 0 saturated carbocycles. The lowest BCUT2D eigenvalue weighted by Crippen LogP contribution is -2.15. The fourth-order valence-electron chi connectivity index (χ4n) is 2.37. The molecule has 0 N–H and O–H groups in total. The summed E-state index contributed by atoms with van der Waals surface area (Å²) in [4.78, 5) is 0. The first-order chi connectivity index (χ1) is 9.08. The number of aryl methyl sites for hydroxylation is 3. The molecule has 0 unspecified atom stereocenters.